The van der Waals surface area contributed by atoms with Gasteiger partial charge in [-0.25, -0.2) is 9.97 Å². The van der Waals surface area contributed by atoms with Crippen molar-refractivity contribution in [2.45, 2.75) is 18.9 Å². The van der Waals surface area contributed by atoms with Crippen LogP contribution in [0.15, 0.2) is 35.8 Å². The summed E-state index contributed by atoms with van der Waals surface area (Å²) in [7, 11) is 0. The van der Waals surface area contributed by atoms with Crippen molar-refractivity contribution < 1.29 is 4.74 Å². The summed E-state index contributed by atoms with van der Waals surface area (Å²) in [6.45, 7) is 2.45. The summed E-state index contributed by atoms with van der Waals surface area (Å²) >= 11 is 1.77. The molecule has 0 aromatic carbocycles. The lowest BCUT2D eigenvalue weighted by Crippen LogP contribution is -2.10. The lowest BCUT2D eigenvalue weighted by molar-refractivity contribution is 0.193. The number of rotatable bonds is 3. The fourth-order valence-corrected chi connectivity index (χ4v) is 3.43. The Morgan fingerprint density at radius 3 is 3.15 bits per heavy atom. The topological polar surface area (TPSA) is 39.9 Å². The van der Waals surface area contributed by atoms with E-state index in [1.54, 1.807) is 11.3 Å². The number of aromatic nitrogens is 3. The van der Waals surface area contributed by atoms with E-state index in [1.807, 2.05) is 18.3 Å². The Morgan fingerprint density at radius 2 is 2.35 bits per heavy atom. The first-order chi connectivity index (χ1) is 9.92. The zero-order chi connectivity index (χ0) is 13.4. The number of hydrogen-bond acceptors (Lipinski definition) is 4. The van der Waals surface area contributed by atoms with E-state index >= 15 is 0 Å². The number of thiophene rings is 1. The summed E-state index contributed by atoms with van der Waals surface area (Å²) in [4.78, 5) is 10.6. The van der Waals surface area contributed by atoms with Crippen LogP contribution in [-0.2, 0) is 11.3 Å². The zero-order valence-corrected chi connectivity index (χ0v) is 11.8. The molecule has 0 saturated carbocycles. The first-order valence-electron chi connectivity index (χ1n) is 6.83. The first kappa shape index (κ1) is 12.1. The van der Waals surface area contributed by atoms with Crippen LogP contribution >= 0.6 is 11.3 Å². The second-order valence-corrected chi connectivity index (χ2v) is 6.07. The predicted octanol–water partition coefficient (Wildman–Crippen LogP) is 3.05. The Kier molecular flexibility index (Phi) is 3.01. The molecule has 20 heavy (non-hydrogen) atoms. The fraction of sp³-hybridized carbons (Fsp3) is 0.333. The van der Waals surface area contributed by atoms with Crippen molar-refractivity contribution in [3.63, 3.8) is 0 Å². The van der Waals surface area contributed by atoms with Crippen LogP contribution in [-0.4, -0.2) is 27.7 Å². The van der Waals surface area contributed by atoms with E-state index in [0.717, 1.165) is 43.2 Å². The third-order valence-corrected chi connectivity index (χ3v) is 4.58. The van der Waals surface area contributed by atoms with Gasteiger partial charge in [0.2, 0.25) is 0 Å². The number of ether oxygens (including phenoxy) is 1. The summed E-state index contributed by atoms with van der Waals surface area (Å²) in [5.41, 5.74) is 1.95. The molecule has 0 spiro atoms. The number of pyridine rings is 1. The average Bonchev–Trinajstić information content (AvgIpc) is 3.19. The van der Waals surface area contributed by atoms with E-state index in [0.29, 0.717) is 5.92 Å². The Bertz CT molecular complexity index is 714. The smallest absolute Gasteiger partial charge is 0.160 e. The van der Waals surface area contributed by atoms with Gasteiger partial charge in [-0.15, -0.1) is 11.3 Å². The third kappa shape index (κ3) is 2.03. The van der Waals surface area contributed by atoms with Crippen LogP contribution in [0.4, 0.5) is 0 Å². The molecule has 102 valence electrons. The minimum Gasteiger partial charge on any atom is -0.381 e. The van der Waals surface area contributed by atoms with E-state index in [1.165, 1.54) is 4.88 Å². The van der Waals surface area contributed by atoms with Gasteiger partial charge >= 0.3 is 0 Å². The maximum absolute atomic E-state index is 5.53. The molecule has 3 aromatic heterocycles. The molecule has 0 radical (unpaired) electrons. The van der Waals surface area contributed by atoms with Crippen LogP contribution in [0.25, 0.3) is 11.2 Å². The van der Waals surface area contributed by atoms with Crippen molar-refractivity contribution in [2.75, 3.05) is 13.2 Å². The van der Waals surface area contributed by atoms with Crippen molar-refractivity contribution in [3.05, 3.63) is 46.5 Å². The van der Waals surface area contributed by atoms with Crippen LogP contribution < -0.4 is 0 Å². The third-order valence-electron chi connectivity index (χ3n) is 3.72. The Morgan fingerprint density at radius 1 is 1.35 bits per heavy atom. The monoisotopic (exact) mass is 285 g/mol. The molecule has 0 amide bonds. The van der Waals surface area contributed by atoms with Gasteiger partial charge in [0.05, 0.1) is 13.2 Å². The van der Waals surface area contributed by atoms with Crippen molar-refractivity contribution in [1.29, 1.82) is 0 Å². The van der Waals surface area contributed by atoms with E-state index in [9.17, 15) is 0 Å². The van der Waals surface area contributed by atoms with E-state index in [2.05, 4.69) is 27.1 Å². The normalized spacial score (nSPS) is 18.9. The fourth-order valence-electron chi connectivity index (χ4n) is 2.74. The Balaban J connectivity index is 1.83. The van der Waals surface area contributed by atoms with Crippen LogP contribution in [0.2, 0.25) is 0 Å². The van der Waals surface area contributed by atoms with Crippen molar-refractivity contribution in [3.8, 4) is 0 Å². The van der Waals surface area contributed by atoms with E-state index < -0.39 is 0 Å². The number of imidazole rings is 1. The molecule has 0 bridgehead atoms. The summed E-state index contributed by atoms with van der Waals surface area (Å²) in [6, 6.07) is 8.23. The first-order valence-corrected chi connectivity index (χ1v) is 7.71. The molecule has 3 aromatic rings. The van der Waals surface area contributed by atoms with Gasteiger partial charge in [-0.05, 0) is 30.0 Å². The minimum atomic E-state index is 0.393. The summed E-state index contributed by atoms with van der Waals surface area (Å²) < 4.78 is 7.78. The summed E-state index contributed by atoms with van der Waals surface area (Å²) in [5.74, 6) is 1.51. The van der Waals surface area contributed by atoms with Crippen LogP contribution in [0.5, 0.6) is 0 Å². The van der Waals surface area contributed by atoms with Crippen molar-refractivity contribution >= 4 is 22.5 Å². The highest BCUT2D eigenvalue weighted by atomic mass is 32.1. The predicted molar refractivity (Wildman–Crippen MR) is 79.1 cm³/mol. The van der Waals surface area contributed by atoms with E-state index in [4.69, 9.17) is 9.72 Å². The highest BCUT2D eigenvalue weighted by Gasteiger charge is 2.24. The molecule has 1 atom stereocenters. The van der Waals surface area contributed by atoms with Gasteiger partial charge < -0.3 is 9.30 Å². The molecule has 1 fully saturated rings. The molecule has 1 aliphatic heterocycles. The van der Waals surface area contributed by atoms with Crippen molar-refractivity contribution in [1.82, 2.24) is 14.5 Å². The summed E-state index contributed by atoms with van der Waals surface area (Å²) in [5, 5.41) is 2.11. The van der Waals surface area contributed by atoms with Gasteiger partial charge in [0.15, 0.2) is 5.65 Å². The molecule has 0 N–H and O–H groups in total. The highest BCUT2D eigenvalue weighted by Crippen LogP contribution is 2.28. The molecule has 1 unspecified atom stereocenters. The van der Waals surface area contributed by atoms with E-state index in [-0.39, 0.29) is 0 Å². The van der Waals surface area contributed by atoms with Gasteiger partial charge in [0.1, 0.15) is 11.3 Å². The van der Waals surface area contributed by atoms with Gasteiger partial charge in [-0.3, -0.25) is 0 Å². The maximum Gasteiger partial charge on any atom is 0.160 e. The summed E-state index contributed by atoms with van der Waals surface area (Å²) in [6.07, 6.45) is 2.89. The number of fused-ring (bicyclic) bond motifs is 1. The molecule has 4 rings (SSSR count). The highest BCUT2D eigenvalue weighted by molar-refractivity contribution is 7.09. The quantitative estimate of drug-likeness (QED) is 0.742. The van der Waals surface area contributed by atoms with Gasteiger partial charge in [-0.1, -0.05) is 6.07 Å². The van der Waals surface area contributed by atoms with Crippen LogP contribution in [0.3, 0.4) is 0 Å². The zero-order valence-electron chi connectivity index (χ0n) is 11.0. The molecule has 4 nitrogen and oxygen atoms in total. The Labute approximate surface area is 121 Å². The standard InChI is InChI=1S/C15H15N3OS/c1-4-13-15(16-6-1)18(9-12-3-2-8-20-12)14(17-13)11-5-7-19-10-11/h1-4,6,8,11H,5,7,9-10H2. The molecule has 5 heteroatoms. The van der Waals surface area contributed by atoms with Gasteiger partial charge in [-0.2, -0.15) is 0 Å². The van der Waals surface area contributed by atoms with Gasteiger partial charge in [0, 0.05) is 23.6 Å². The van der Waals surface area contributed by atoms with Crippen LogP contribution in [0.1, 0.15) is 23.0 Å². The minimum absolute atomic E-state index is 0.393. The largest absolute Gasteiger partial charge is 0.381 e. The number of hydrogen-bond donors (Lipinski definition) is 0. The second-order valence-electron chi connectivity index (χ2n) is 5.04. The molecule has 4 heterocycles. The maximum atomic E-state index is 5.53. The molecule has 1 aliphatic rings. The van der Waals surface area contributed by atoms with Crippen LogP contribution in [0, 0.1) is 0 Å². The SMILES string of the molecule is c1csc(Cn2c(C3CCOC3)nc3cccnc32)c1. The van der Waals surface area contributed by atoms with Gasteiger partial charge in [0.25, 0.3) is 0 Å². The molecular formula is C15H15N3OS. The lowest BCUT2D eigenvalue weighted by Gasteiger charge is -2.11. The molecule has 1 saturated heterocycles. The second kappa shape index (κ2) is 5.00. The average molecular weight is 285 g/mol. The van der Waals surface area contributed by atoms with Crippen molar-refractivity contribution in [2.24, 2.45) is 0 Å². The molecular weight excluding hydrogens is 270 g/mol. The Hall–Kier alpha value is -1.72. The molecule has 0 aliphatic carbocycles. The lowest BCUT2D eigenvalue weighted by atomic mass is 10.1. The number of nitrogens with zero attached hydrogens (tertiary/aromatic N) is 3.